The lowest BCUT2D eigenvalue weighted by molar-refractivity contribution is -0.136. The van der Waals surface area contributed by atoms with Crippen molar-refractivity contribution in [3.63, 3.8) is 0 Å². The molecular weight excluding hydrogens is 218 g/mol. The molecule has 2 amide bonds. The standard InChI is InChI=1S/C7H7N5O2S/c1-4-10-7(15-12-4)11-6(14)5(13)9-3-2-8/h3H2,1H3,(H,9,13)(H,10,11,12,14). The maximum absolute atomic E-state index is 11.1. The molecule has 1 rings (SSSR count). The molecule has 0 saturated heterocycles. The van der Waals surface area contributed by atoms with E-state index in [1.807, 2.05) is 0 Å². The Kier molecular flexibility index (Phi) is 3.70. The molecule has 0 saturated carbocycles. The van der Waals surface area contributed by atoms with E-state index in [-0.39, 0.29) is 11.7 Å². The summed E-state index contributed by atoms with van der Waals surface area (Å²) in [5, 5.41) is 12.8. The smallest absolute Gasteiger partial charge is 0.315 e. The summed E-state index contributed by atoms with van der Waals surface area (Å²) >= 11 is 0.981. The van der Waals surface area contributed by atoms with E-state index in [1.165, 1.54) is 0 Å². The maximum Gasteiger partial charge on any atom is 0.315 e. The van der Waals surface area contributed by atoms with Gasteiger partial charge in [0, 0.05) is 11.5 Å². The molecule has 0 aliphatic rings. The number of aromatic nitrogens is 2. The monoisotopic (exact) mass is 225 g/mol. The van der Waals surface area contributed by atoms with Crippen molar-refractivity contribution in [3.8, 4) is 6.07 Å². The molecule has 1 aromatic heterocycles. The van der Waals surface area contributed by atoms with Crippen LogP contribution in [0.3, 0.4) is 0 Å². The SMILES string of the molecule is Cc1nsc(NC(=O)C(=O)NCC#N)n1. The van der Waals surface area contributed by atoms with Gasteiger partial charge in [-0.25, -0.2) is 4.98 Å². The lowest BCUT2D eigenvalue weighted by Gasteiger charge is -1.99. The average Bonchev–Trinajstić information content (AvgIpc) is 2.60. The molecule has 8 heteroatoms. The normalized spacial score (nSPS) is 9.07. The van der Waals surface area contributed by atoms with Gasteiger partial charge in [0.25, 0.3) is 0 Å². The predicted octanol–water partition coefficient (Wildman–Crippen LogP) is -0.575. The van der Waals surface area contributed by atoms with E-state index < -0.39 is 11.8 Å². The molecular formula is C7H7N5O2S. The van der Waals surface area contributed by atoms with Crippen molar-refractivity contribution in [2.75, 3.05) is 11.9 Å². The molecule has 0 aromatic carbocycles. The molecule has 0 radical (unpaired) electrons. The number of hydrogen-bond donors (Lipinski definition) is 2. The number of rotatable bonds is 2. The second-order valence-corrected chi connectivity index (χ2v) is 3.19. The van der Waals surface area contributed by atoms with Crippen LogP contribution in [0.1, 0.15) is 5.82 Å². The summed E-state index contributed by atoms with van der Waals surface area (Å²) in [7, 11) is 0. The Labute approximate surface area is 89.3 Å². The summed E-state index contributed by atoms with van der Waals surface area (Å²) in [5.74, 6) is -1.21. The Morgan fingerprint density at radius 1 is 1.53 bits per heavy atom. The van der Waals surface area contributed by atoms with E-state index >= 15 is 0 Å². The third kappa shape index (κ3) is 3.32. The van der Waals surface area contributed by atoms with Crippen molar-refractivity contribution in [2.45, 2.75) is 6.92 Å². The molecule has 0 spiro atoms. The molecule has 7 nitrogen and oxygen atoms in total. The number of anilines is 1. The third-order valence-electron chi connectivity index (χ3n) is 1.28. The van der Waals surface area contributed by atoms with Gasteiger partial charge >= 0.3 is 11.8 Å². The minimum atomic E-state index is -0.871. The Bertz CT molecular complexity index is 421. The number of carbonyl (C=O) groups excluding carboxylic acids is 2. The fourth-order valence-corrected chi connectivity index (χ4v) is 1.27. The van der Waals surface area contributed by atoms with Crippen LogP contribution in [0, 0.1) is 18.3 Å². The van der Waals surface area contributed by atoms with E-state index in [4.69, 9.17) is 5.26 Å². The van der Waals surface area contributed by atoms with Gasteiger partial charge in [0.05, 0.1) is 6.07 Å². The largest absolute Gasteiger partial charge is 0.335 e. The van der Waals surface area contributed by atoms with Crippen LogP contribution >= 0.6 is 11.5 Å². The van der Waals surface area contributed by atoms with E-state index in [1.54, 1.807) is 13.0 Å². The second kappa shape index (κ2) is 5.02. The molecule has 1 heterocycles. The van der Waals surface area contributed by atoms with Crippen molar-refractivity contribution >= 4 is 28.5 Å². The van der Waals surface area contributed by atoms with Gasteiger partial charge in [-0.1, -0.05) is 0 Å². The molecule has 0 atom stereocenters. The number of nitrogens with zero attached hydrogens (tertiary/aromatic N) is 3. The predicted molar refractivity (Wildman–Crippen MR) is 51.9 cm³/mol. The Morgan fingerprint density at radius 3 is 2.80 bits per heavy atom. The number of nitriles is 1. The van der Waals surface area contributed by atoms with Crippen molar-refractivity contribution in [1.29, 1.82) is 5.26 Å². The summed E-state index contributed by atoms with van der Waals surface area (Å²) in [6.07, 6.45) is 0. The van der Waals surface area contributed by atoms with Crippen LogP contribution in [0.2, 0.25) is 0 Å². The number of aryl methyl sites for hydroxylation is 1. The molecule has 0 unspecified atom stereocenters. The zero-order valence-corrected chi connectivity index (χ0v) is 8.59. The van der Waals surface area contributed by atoms with Crippen LogP contribution in [0.25, 0.3) is 0 Å². The molecule has 0 aliphatic heterocycles. The van der Waals surface area contributed by atoms with Crippen LogP contribution in [-0.4, -0.2) is 27.7 Å². The summed E-state index contributed by atoms with van der Waals surface area (Å²) in [5.41, 5.74) is 0. The van der Waals surface area contributed by atoms with Crippen LogP contribution < -0.4 is 10.6 Å². The maximum atomic E-state index is 11.1. The van der Waals surface area contributed by atoms with Gasteiger partial charge in [0.1, 0.15) is 12.4 Å². The molecule has 78 valence electrons. The molecule has 15 heavy (non-hydrogen) atoms. The zero-order valence-electron chi connectivity index (χ0n) is 7.77. The minimum absolute atomic E-state index is 0.207. The first kappa shape index (κ1) is 11.1. The van der Waals surface area contributed by atoms with Gasteiger partial charge in [-0.2, -0.15) is 9.64 Å². The van der Waals surface area contributed by atoms with Crippen molar-refractivity contribution in [3.05, 3.63) is 5.82 Å². The molecule has 0 fully saturated rings. The fourth-order valence-electron chi connectivity index (χ4n) is 0.702. The minimum Gasteiger partial charge on any atom is -0.335 e. The fraction of sp³-hybridized carbons (Fsp3) is 0.286. The number of amides is 2. The topological polar surface area (TPSA) is 108 Å². The highest BCUT2D eigenvalue weighted by Crippen LogP contribution is 2.09. The van der Waals surface area contributed by atoms with Gasteiger partial charge in [0.15, 0.2) is 0 Å². The average molecular weight is 225 g/mol. The number of nitrogens with one attached hydrogen (secondary N) is 2. The summed E-state index contributed by atoms with van der Waals surface area (Å²) in [6, 6.07) is 1.68. The van der Waals surface area contributed by atoms with E-state index in [2.05, 4.69) is 20.0 Å². The Hall–Kier alpha value is -2.01. The number of carbonyl (C=O) groups is 2. The Balaban J connectivity index is 2.49. The molecule has 2 N–H and O–H groups in total. The van der Waals surface area contributed by atoms with E-state index in [0.717, 1.165) is 11.5 Å². The first-order valence-corrected chi connectivity index (χ1v) is 4.67. The quantitative estimate of drug-likeness (QED) is 0.517. The van der Waals surface area contributed by atoms with E-state index in [0.29, 0.717) is 5.82 Å². The first-order valence-electron chi connectivity index (χ1n) is 3.90. The number of hydrogen-bond acceptors (Lipinski definition) is 6. The van der Waals surface area contributed by atoms with Gasteiger partial charge in [0.2, 0.25) is 5.13 Å². The summed E-state index contributed by atoms with van der Waals surface area (Å²) in [4.78, 5) is 26.0. The third-order valence-corrected chi connectivity index (χ3v) is 2.00. The lowest BCUT2D eigenvalue weighted by Crippen LogP contribution is -2.35. The first-order chi connectivity index (χ1) is 7.13. The van der Waals surface area contributed by atoms with Crippen LogP contribution in [-0.2, 0) is 9.59 Å². The Morgan fingerprint density at radius 2 is 2.27 bits per heavy atom. The van der Waals surface area contributed by atoms with Crippen molar-refractivity contribution in [2.24, 2.45) is 0 Å². The summed E-state index contributed by atoms with van der Waals surface area (Å²) < 4.78 is 3.82. The highest BCUT2D eigenvalue weighted by molar-refractivity contribution is 7.10. The van der Waals surface area contributed by atoms with E-state index in [9.17, 15) is 9.59 Å². The highest BCUT2D eigenvalue weighted by Gasteiger charge is 2.14. The molecule has 1 aromatic rings. The summed E-state index contributed by atoms with van der Waals surface area (Å²) in [6.45, 7) is 1.46. The van der Waals surface area contributed by atoms with Crippen molar-refractivity contribution < 1.29 is 9.59 Å². The van der Waals surface area contributed by atoms with Gasteiger partial charge < -0.3 is 5.32 Å². The van der Waals surface area contributed by atoms with Gasteiger partial charge in [-0.3, -0.25) is 14.9 Å². The van der Waals surface area contributed by atoms with Crippen LogP contribution in [0.15, 0.2) is 0 Å². The highest BCUT2D eigenvalue weighted by atomic mass is 32.1. The lowest BCUT2D eigenvalue weighted by atomic mass is 10.5. The van der Waals surface area contributed by atoms with Gasteiger partial charge in [-0.15, -0.1) is 0 Å². The zero-order chi connectivity index (χ0) is 11.3. The molecule has 0 bridgehead atoms. The van der Waals surface area contributed by atoms with Crippen LogP contribution in [0.4, 0.5) is 5.13 Å². The van der Waals surface area contributed by atoms with Gasteiger partial charge in [-0.05, 0) is 6.92 Å². The second-order valence-electron chi connectivity index (χ2n) is 2.44. The van der Waals surface area contributed by atoms with Crippen LogP contribution in [0.5, 0.6) is 0 Å². The molecule has 0 aliphatic carbocycles. The van der Waals surface area contributed by atoms with Crippen molar-refractivity contribution in [1.82, 2.24) is 14.7 Å².